The van der Waals surface area contributed by atoms with Crippen molar-refractivity contribution in [3.05, 3.63) is 57.2 Å². The predicted molar refractivity (Wildman–Crippen MR) is 73.0 cm³/mol. The molecule has 2 N–H and O–H groups in total. The highest BCUT2D eigenvalue weighted by molar-refractivity contribution is 7.08. The third-order valence-electron chi connectivity index (χ3n) is 2.55. The Morgan fingerprint density at radius 3 is 2.61 bits per heavy atom. The summed E-state index contributed by atoms with van der Waals surface area (Å²) in [5, 5.41) is 16.6. The summed E-state index contributed by atoms with van der Waals surface area (Å²) in [5.74, 6) is -0.873. The Hall–Kier alpha value is -1.36. The van der Waals surface area contributed by atoms with Crippen molar-refractivity contribution in [2.75, 3.05) is 0 Å². The lowest BCUT2D eigenvalue weighted by Crippen LogP contribution is -2.27. The van der Waals surface area contributed by atoms with Crippen molar-refractivity contribution in [2.45, 2.75) is 12.6 Å². The minimum Gasteiger partial charge on any atom is -0.480 e. The van der Waals surface area contributed by atoms with Gasteiger partial charge < -0.3 is 5.11 Å². The number of hydrogen-bond acceptors (Lipinski definition) is 3. The number of carboxylic acid groups (broad SMARTS) is 1. The minimum absolute atomic E-state index is 0.490. The molecule has 18 heavy (non-hydrogen) atoms. The average molecular weight is 282 g/mol. The van der Waals surface area contributed by atoms with Crippen molar-refractivity contribution in [3.63, 3.8) is 0 Å². The van der Waals surface area contributed by atoms with Crippen molar-refractivity contribution < 1.29 is 9.90 Å². The molecule has 0 amide bonds. The lowest BCUT2D eigenvalue weighted by atomic mass is 10.1. The van der Waals surface area contributed by atoms with Crippen LogP contribution in [0.3, 0.4) is 0 Å². The van der Waals surface area contributed by atoms with Crippen molar-refractivity contribution in [2.24, 2.45) is 0 Å². The van der Waals surface area contributed by atoms with Crippen LogP contribution >= 0.6 is 22.9 Å². The zero-order valence-electron chi connectivity index (χ0n) is 9.47. The van der Waals surface area contributed by atoms with E-state index in [1.807, 2.05) is 29.0 Å². The lowest BCUT2D eigenvalue weighted by molar-refractivity contribution is -0.139. The Labute approximate surface area is 114 Å². The topological polar surface area (TPSA) is 49.3 Å². The van der Waals surface area contributed by atoms with Gasteiger partial charge in [0.2, 0.25) is 0 Å². The molecule has 1 aromatic carbocycles. The van der Waals surface area contributed by atoms with Crippen LogP contribution in [0.5, 0.6) is 0 Å². The van der Waals surface area contributed by atoms with E-state index in [1.165, 1.54) is 11.3 Å². The number of rotatable bonds is 5. The summed E-state index contributed by atoms with van der Waals surface area (Å²) >= 11 is 7.28. The Morgan fingerprint density at radius 1 is 1.33 bits per heavy atom. The molecule has 1 heterocycles. The summed E-state index contributed by atoms with van der Waals surface area (Å²) in [5.41, 5.74) is 1.78. The average Bonchev–Trinajstić information content (AvgIpc) is 2.85. The Kier molecular flexibility index (Phi) is 4.36. The summed E-state index contributed by atoms with van der Waals surface area (Å²) in [4.78, 5) is 11.2. The number of carboxylic acids is 1. The fourth-order valence-corrected chi connectivity index (χ4v) is 2.42. The van der Waals surface area contributed by atoms with Gasteiger partial charge in [-0.2, -0.15) is 11.3 Å². The van der Waals surface area contributed by atoms with E-state index >= 15 is 0 Å². The van der Waals surface area contributed by atoms with E-state index in [0.29, 0.717) is 11.6 Å². The van der Waals surface area contributed by atoms with Crippen LogP contribution in [0.4, 0.5) is 0 Å². The molecule has 0 bridgehead atoms. The first-order chi connectivity index (χ1) is 8.66. The smallest absolute Gasteiger partial charge is 0.325 e. The summed E-state index contributed by atoms with van der Waals surface area (Å²) in [6.45, 7) is 0.490. The molecular formula is C13H12ClNO2S. The second-order valence-corrected chi connectivity index (χ2v) is 5.05. The van der Waals surface area contributed by atoms with Gasteiger partial charge in [0.25, 0.3) is 0 Å². The zero-order chi connectivity index (χ0) is 13.0. The summed E-state index contributed by atoms with van der Waals surface area (Å²) < 4.78 is 0. The Bertz CT molecular complexity index is 510. The van der Waals surface area contributed by atoms with Crippen molar-refractivity contribution in [1.29, 1.82) is 0 Å². The SMILES string of the molecule is O=C(O)C(NCc1ccc(Cl)cc1)c1ccsc1. The number of nitrogens with one attached hydrogen (secondary N) is 1. The summed E-state index contributed by atoms with van der Waals surface area (Å²) in [7, 11) is 0. The van der Waals surface area contributed by atoms with Crippen LogP contribution in [0.1, 0.15) is 17.2 Å². The van der Waals surface area contributed by atoms with E-state index in [-0.39, 0.29) is 0 Å². The number of halogens is 1. The molecule has 3 nitrogen and oxygen atoms in total. The maximum absolute atomic E-state index is 11.2. The highest BCUT2D eigenvalue weighted by Gasteiger charge is 2.19. The third-order valence-corrected chi connectivity index (χ3v) is 3.50. The first-order valence-electron chi connectivity index (χ1n) is 5.39. The van der Waals surface area contributed by atoms with Gasteiger partial charge in [-0.15, -0.1) is 0 Å². The molecule has 0 aliphatic heterocycles. The second-order valence-electron chi connectivity index (χ2n) is 3.84. The van der Waals surface area contributed by atoms with Crippen molar-refractivity contribution in [1.82, 2.24) is 5.32 Å². The van der Waals surface area contributed by atoms with Gasteiger partial charge in [-0.1, -0.05) is 23.7 Å². The molecule has 2 aromatic rings. The number of hydrogen-bond donors (Lipinski definition) is 2. The predicted octanol–water partition coefficient (Wildman–Crippen LogP) is 3.32. The summed E-state index contributed by atoms with van der Waals surface area (Å²) in [6.07, 6.45) is 0. The Balaban J connectivity index is 2.02. The van der Waals surface area contributed by atoms with Crippen LogP contribution in [0.25, 0.3) is 0 Å². The molecule has 0 saturated carbocycles. The van der Waals surface area contributed by atoms with Crippen molar-refractivity contribution >= 4 is 28.9 Å². The standard InChI is InChI=1S/C13H12ClNO2S/c14-11-3-1-9(2-4-11)7-15-12(13(16)17)10-5-6-18-8-10/h1-6,8,12,15H,7H2,(H,16,17). The number of aliphatic carboxylic acids is 1. The molecule has 0 aliphatic carbocycles. The molecule has 0 spiro atoms. The van der Waals surface area contributed by atoms with E-state index in [4.69, 9.17) is 11.6 Å². The molecule has 1 aromatic heterocycles. The number of thiophene rings is 1. The van der Waals surface area contributed by atoms with Gasteiger partial charge in [0.05, 0.1) is 0 Å². The molecule has 5 heteroatoms. The van der Waals surface area contributed by atoms with E-state index in [2.05, 4.69) is 5.32 Å². The molecule has 0 radical (unpaired) electrons. The minimum atomic E-state index is -0.873. The van der Waals surface area contributed by atoms with Gasteiger partial charge in [0.15, 0.2) is 0 Å². The highest BCUT2D eigenvalue weighted by Crippen LogP contribution is 2.17. The van der Waals surface area contributed by atoms with Crippen molar-refractivity contribution in [3.8, 4) is 0 Å². The van der Waals surface area contributed by atoms with Crippen LogP contribution in [-0.2, 0) is 11.3 Å². The van der Waals surface area contributed by atoms with Gasteiger partial charge in [-0.3, -0.25) is 10.1 Å². The van der Waals surface area contributed by atoms with Gasteiger partial charge in [-0.25, -0.2) is 0 Å². The highest BCUT2D eigenvalue weighted by atomic mass is 35.5. The first-order valence-corrected chi connectivity index (χ1v) is 6.71. The lowest BCUT2D eigenvalue weighted by Gasteiger charge is -2.13. The zero-order valence-corrected chi connectivity index (χ0v) is 11.0. The molecule has 2 rings (SSSR count). The summed E-state index contributed by atoms with van der Waals surface area (Å²) in [6, 6.07) is 8.48. The molecular weight excluding hydrogens is 270 g/mol. The molecule has 0 aliphatic rings. The fraction of sp³-hybridized carbons (Fsp3) is 0.154. The largest absolute Gasteiger partial charge is 0.480 e. The van der Waals surface area contributed by atoms with Crippen LogP contribution in [0.2, 0.25) is 5.02 Å². The van der Waals surface area contributed by atoms with E-state index in [9.17, 15) is 9.90 Å². The maximum Gasteiger partial charge on any atom is 0.325 e. The van der Waals surface area contributed by atoms with Crippen LogP contribution < -0.4 is 5.32 Å². The van der Waals surface area contributed by atoms with E-state index < -0.39 is 12.0 Å². The maximum atomic E-state index is 11.2. The van der Waals surface area contributed by atoms with Gasteiger partial charge >= 0.3 is 5.97 Å². The molecule has 1 unspecified atom stereocenters. The second kappa shape index (κ2) is 6.00. The van der Waals surface area contributed by atoms with Gasteiger partial charge in [0.1, 0.15) is 6.04 Å². The Morgan fingerprint density at radius 2 is 2.06 bits per heavy atom. The van der Waals surface area contributed by atoms with E-state index in [1.54, 1.807) is 12.1 Å². The monoisotopic (exact) mass is 281 g/mol. The fourth-order valence-electron chi connectivity index (χ4n) is 1.61. The van der Waals surface area contributed by atoms with Crippen LogP contribution in [0.15, 0.2) is 41.1 Å². The molecule has 1 atom stereocenters. The van der Waals surface area contributed by atoms with Crippen LogP contribution in [0, 0.1) is 0 Å². The molecule has 94 valence electrons. The normalized spacial score (nSPS) is 12.3. The molecule has 0 fully saturated rings. The first kappa shape index (κ1) is 13.1. The van der Waals surface area contributed by atoms with Crippen LogP contribution in [-0.4, -0.2) is 11.1 Å². The number of benzene rings is 1. The quantitative estimate of drug-likeness (QED) is 0.884. The third kappa shape index (κ3) is 3.32. The number of carbonyl (C=O) groups is 1. The van der Waals surface area contributed by atoms with E-state index in [0.717, 1.165) is 11.1 Å². The van der Waals surface area contributed by atoms with Gasteiger partial charge in [-0.05, 0) is 40.1 Å². The molecule has 0 saturated heterocycles. The van der Waals surface area contributed by atoms with Gasteiger partial charge in [0, 0.05) is 11.6 Å².